The van der Waals surface area contributed by atoms with Crippen LogP contribution in [0.2, 0.25) is 0 Å². The summed E-state index contributed by atoms with van der Waals surface area (Å²) < 4.78 is 24.0. The standard InChI is InChI=1S/C24H18FN3O4/c1-2-31-22-13-17(15-27-28-23(29)18-6-3-16(14-26)4-7-18)5-12-21(22)32-24(30)19-8-10-20(25)11-9-19/h3-13,15H,2H2,1H3,(H,28,29)/b27-15-. The molecule has 3 rings (SSSR count). The van der Waals surface area contributed by atoms with E-state index in [9.17, 15) is 14.0 Å². The maximum atomic E-state index is 13.0. The Kier molecular flexibility index (Phi) is 7.28. The molecular formula is C24H18FN3O4. The van der Waals surface area contributed by atoms with E-state index >= 15 is 0 Å². The van der Waals surface area contributed by atoms with Crippen molar-refractivity contribution in [2.45, 2.75) is 6.92 Å². The number of carbonyl (C=O) groups is 2. The molecule has 0 unspecified atom stereocenters. The molecule has 3 aromatic carbocycles. The molecule has 0 saturated carbocycles. The van der Waals surface area contributed by atoms with Gasteiger partial charge >= 0.3 is 5.97 Å². The summed E-state index contributed by atoms with van der Waals surface area (Å²) in [7, 11) is 0. The summed E-state index contributed by atoms with van der Waals surface area (Å²) >= 11 is 0. The van der Waals surface area contributed by atoms with Gasteiger partial charge in [-0.1, -0.05) is 0 Å². The maximum absolute atomic E-state index is 13.0. The fourth-order valence-corrected chi connectivity index (χ4v) is 2.63. The van der Waals surface area contributed by atoms with E-state index in [0.29, 0.717) is 29.0 Å². The van der Waals surface area contributed by atoms with E-state index < -0.39 is 17.7 Å². The molecular weight excluding hydrogens is 413 g/mol. The highest BCUT2D eigenvalue weighted by Gasteiger charge is 2.13. The first-order valence-corrected chi connectivity index (χ1v) is 9.58. The second-order valence-corrected chi connectivity index (χ2v) is 6.42. The van der Waals surface area contributed by atoms with Crippen molar-refractivity contribution in [3.63, 3.8) is 0 Å². The molecule has 0 saturated heterocycles. The quantitative estimate of drug-likeness (QED) is 0.263. The summed E-state index contributed by atoms with van der Waals surface area (Å²) in [6.45, 7) is 2.11. The number of benzene rings is 3. The van der Waals surface area contributed by atoms with Crippen molar-refractivity contribution < 1.29 is 23.5 Å². The van der Waals surface area contributed by atoms with Crippen molar-refractivity contribution in [2.24, 2.45) is 5.10 Å². The normalized spacial score (nSPS) is 10.4. The summed E-state index contributed by atoms with van der Waals surface area (Å²) in [5.41, 5.74) is 4.00. The van der Waals surface area contributed by atoms with E-state index in [1.54, 1.807) is 31.2 Å². The number of halogens is 1. The summed E-state index contributed by atoms with van der Waals surface area (Å²) in [5.74, 6) is -1.03. The Balaban J connectivity index is 1.69. The third kappa shape index (κ3) is 5.77. The maximum Gasteiger partial charge on any atom is 0.343 e. The van der Waals surface area contributed by atoms with E-state index in [4.69, 9.17) is 14.7 Å². The number of hydrazone groups is 1. The molecule has 0 aliphatic carbocycles. The average Bonchev–Trinajstić information content (AvgIpc) is 2.81. The molecule has 0 aliphatic rings. The largest absolute Gasteiger partial charge is 0.490 e. The first-order valence-electron chi connectivity index (χ1n) is 9.58. The smallest absolute Gasteiger partial charge is 0.343 e. The molecule has 7 nitrogen and oxygen atoms in total. The van der Waals surface area contributed by atoms with Crippen molar-refractivity contribution in [2.75, 3.05) is 6.61 Å². The Bertz CT molecular complexity index is 1180. The van der Waals surface area contributed by atoms with Crippen molar-refractivity contribution in [1.82, 2.24) is 5.43 Å². The van der Waals surface area contributed by atoms with Crippen LogP contribution in [0.3, 0.4) is 0 Å². The first kappa shape index (κ1) is 22.2. The van der Waals surface area contributed by atoms with Crippen LogP contribution in [-0.2, 0) is 0 Å². The molecule has 0 fully saturated rings. The molecule has 8 heteroatoms. The van der Waals surface area contributed by atoms with Gasteiger partial charge in [0.05, 0.1) is 30.0 Å². The Labute approximate surface area is 183 Å². The molecule has 0 radical (unpaired) electrons. The number of carbonyl (C=O) groups excluding carboxylic acids is 2. The van der Waals surface area contributed by atoms with Gasteiger partial charge in [0.1, 0.15) is 5.82 Å². The van der Waals surface area contributed by atoms with Gasteiger partial charge in [-0.15, -0.1) is 0 Å². The second kappa shape index (κ2) is 10.5. The SMILES string of the molecule is CCOc1cc(/C=N\NC(=O)c2ccc(C#N)cc2)ccc1OC(=O)c1ccc(F)cc1. The van der Waals surface area contributed by atoms with Crippen LogP contribution in [0.5, 0.6) is 11.5 Å². The molecule has 0 heterocycles. The molecule has 0 spiro atoms. The fraction of sp³-hybridized carbons (Fsp3) is 0.0833. The summed E-state index contributed by atoms with van der Waals surface area (Å²) in [5, 5.41) is 12.7. The van der Waals surface area contributed by atoms with Gasteiger partial charge in [0.15, 0.2) is 11.5 Å². The Hall–Kier alpha value is -4.51. The highest BCUT2D eigenvalue weighted by molar-refractivity contribution is 5.95. The minimum atomic E-state index is -0.651. The van der Waals surface area contributed by atoms with Gasteiger partial charge in [-0.3, -0.25) is 4.79 Å². The molecule has 0 aliphatic heterocycles. The number of nitriles is 1. The Morgan fingerprint density at radius 1 is 1.03 bits per heavy atom. The highest BCUT2D eigenvalue weighted by Crippen LogP contribution is 2.29. The fourth-order valence-electron chi connectivity index (χ4n) is 2.63. The number of rotatable bonds is 7. The number of amides is 1. The van der Waals surface area contributed by atoms with Crippen LogP contribution in [0.25, 0.3) is 0 Å². The van der Waals surface area contributed by atoms with E-state index in [0.717, 1.165) is 0 Å². The molecule has 0 atom stereocenters. The summed E-state index contributed by atoms with van der Waals surface area (Å²) in [6.07, 6.45) is 1.41. The molecule has 1 amide bonds. The van der Waals surface area contributed by atoms with Gasteiger partial charge in [0, 0.05) is 5.56 Å². The number of nitrogens with one attached hydrogen (secondary N) is 1. The minimum Gasteiger partial charge on any atom is -0.490 e. The molecule has 3 aromatic rings. The van der Waals surface area contributed by atoms with Crippen molar-refractivity contribution in [1.29, 1.82) is 5.26 Å². The van der Waals surface area contributed by atoms with E-state index in [-0.39, 0.29) is 11.3 Å². The summed E-state index contributed by atoms with van der Waals surface area (Å²) in [4.78, 5) is 24.4. The number of hydrogen-bond acceptors (Lipinski definition) is 6. The molecule has 32 heavy (non-hydrogen) atoms. The molecule has 160 valence electrons. The van der Waals surface area contributed by atoms with Gasteiger partial charge in [0.25, 0.3) is 5.91 Å². The predicted molar refractivity (Wildman–Crippen MR) is 115 cm³/mol. The van der Waals surface area contributed by atoms with Gasteiger partial charge in [0.2, 0.25) is 0 Å². The topological polar surface area (TPSA) is 101 Å². The number of hydrogen-bond donors (Lipinski definition) is 1. The van der Waals surface area contributed by atoms with Crippen molar-refractivity contribution >= 4 is 18.1 Å². The van der Waals surface area contributed by atoms with Crippen LogP contribution in [0.1, 0.15) is 38.8 Å². The zero-order chi connectivity index (χ0) is 22.9. The van der Waals surface area contributed by atoms with Crippen molar-refractivity contribution in [3.05, 3.63) is 94.8 Å². The monoisotopic (exact) mass is 431 g/mol. The van der Waals surface area contributed by atoms with Gasteiger partial charge in [-0.2, -0.15) is 10.4 Å². The van der Waals surface area contributed by atoms with Crippen LogP contribution in [0, 0.1) is 17.1 Å². The second-order valence-electron chi connectivity index (χ2n) is 6.42. The zero-order valence-electron chi connectivity index (χ0n) is 17.0. The Morgan fingerprint density at radius 3 is 2.38 bits per heavy atom. The number of esters is 1. The number of ether oxygens (including phenoxy) is 2. The lowest BCUT2D eigenvalue weighted by Crippen LogP contribution is -2.17. The predicted octanol–water partition coefficient (Wildman–Crippen LogP) is 4.08. The molecule has 0 aromatic heterocycles. The van der Waals surface area contributed by atoms with Crippen molar-refractivity contribution in [3.8, 4) is 17.6 Å². The van der Waals surface area contributed by atoms with Gasteiger partial charge in [-0.25, -0.2) is 14.6 Å². The lowest BCUT2D eigenvalue weighted by Gasteiger charge is -2.11. The first-order chi connectivity index (χ1) is 15.5. The highest BCUT2D eigenvalue weighted by atomic mass is 19.1. The molecule has 1 N–H and O–H groups in total. The van der Waals surface area contributed by atoms with Gasteiger partial charge in [-0.05, 0) is 79.2 Å². The van der Waals surface area contributed by atoms with Gasteiger partial charge < -0.3 is 9.47 Å². The lowest BCUT2D eigenvalue weighted by molar-refractivity contribution is 0.0728. The van der Waals surface area contributed by atoms with Crippen LogP contribution >= 0.6 is 0 Å². The minimum absolute atomic E-state index is 0.194. The number of nitrogens with zero attached hydrogens (tertiary/aromatic N) is 2. The average molecular weight is 431 g/mol. The van der Waals surface area contributed by atoms with Crippen LogP contribution < -0.4 is 14.9 Å². The lowest BCUT2D eigenvalue weighted by atomic mass is 10.1. The van der Waals surface area contributed by atoms with E-state index in [1.807, 2.05) is 6.07 Å². The Morgan fingerprint density at radius 2 is 1.72 bits per heavy atom. The van der Waals surface area contributed by atoms with E-state index in [2.05, 4.69) is 10.5 Å². The van der Waals surface area contributed by atoms with Crippen LogP contribution in [-0.4, -0.2) is 24.7 Å². The summed E-state index contributed by atoms with van der Waals surface area (Å²) in [6, 6.07) is 17.9. The third-order valence-electron chi connectivity index (χ3n) is 4.21. The van der Waals surface area contributed by atoms with Crippen LogP contribution in [0.15, 0.2) is 71.8 Å². The van der Waals surface area contributed by atoms with Crippen LogP contribution in [0.4, 0.5) is 4.39 Å². The zero-order valence-corrected chi connectivity index (χ0v) is 17.0. The van der Waals surface area contributed by atoms with E-state index in [1.165, 1.54) is 48.7 Å². The molecule has 0 bridgehead atoms. The third-order valence-corrected chi connectivity index (χ3v) is 4.21.